The molecule has 0 aliphatic carbocycles. The van der Waals surface area contributed by atoms with Gasteiger partial charge in [0.05, 0.1) is 29.0 Å². The van der Waals surface area contributed by atoms with Gasteiger partial charge in [-0.15, -0.1) is 0 Å². The summed E-state index contributed by atoms with van der Waals surface area (Å²) in [5.41, 5.74) is 3.25. The molecule has 6 rings (SSSR count). The number of aryl methyl sites for hydroxylation is 1. The number of rotatable bonds is 5. The highest BCUT2D eigenvalue weighted by molar-refractivity contribution is 5.90. The smallest absolute Gasteiger partial charge is 0.411 e. The number of carbonyl (C=O) groups excluding carboxylic acids is 2. The second-order valence-electron chi connectivity index (χ2n) is 10.3. The minimum Gasteiger partial charge on any atom is -0.508 e. The molecule has 40 heavy (non-hydrogen) atoms. The Kier molecular flexibility index (Phi) is 6.09. The van der Waals surface area contributed by atoms with E-state index < -0.39 is 17.7 Å². The van der Waals surface area contributed by atoms with Gasteiger partial charge in [-0.05, 0) is 48.2 Å². The lowest BCUT2D eigenvalue weighted by atomic mass is 9.85. The van der Waals surface area contributed by atoms with Crippen molar-refractivity contribution in [1.29, 1.82) is 0 Å². The number of aromatic nitrogens is 2. The summed E-state index contributed by atoms with van der Waals surface area (Å²) in [7, 11) is 1.60. The molecule has 0 saturated heterocycles. The van der Waals surface area contributed by atoms with Gasteiger partial charge in [-0.2, -0.15) is 0 Å². The molecule has 0 bridgehead atoms. The predicted molar refractivity (Wildman–Crippen MR) is 148 cm³/mol. The number of esters is 1. The van der Waals surface area contributed by atoms with Crippen LogP contribution in [-0.2, 0) is 46.0 Å². The molecular weight excluding hydrogens is 510 g/mol. The van der Waals surface area contributed by atoms with E-state index in [4.69, 9.17) is 14.5 Å². The van der Waals surface area contributed by atoms with Crippen molar-refractivity contribution in [3.8, 4) is 17.1 Å². The molecule has 4 aromatic rings. The maximum absolute atomic E-state index is 13.8. The Balaban J connectivity index is 1.47. The summed E-state index contributed by atoms with van der Waals surface area (Å²) in [5.74, 6) is -0.558. The van der Waals surface area contributed by atoms with Crippen LogP contribution in [0.25, 0.3) is 22.3 Å². The zero-order chi connectivity index (χ0) is 28.2. The molecule has 2 aromatic heterocycles. The van der Waals surface area contributed by atoms with Gasteiger partial charge in [0, 0.05) is 30.1 Å². The van der Waals surface area contributed by atoms with Crippen LogP contribution in [0.4, 0.5) is 4.79 Å². The Morgan fingerprint density at radius 1 is 1.12 bits per heavy atom. The average Bonchev–Trinajstić information content (AvgIpc) is 3.32. The summed E-state index contributed by atoms with van der Waals surface area (Å²) in [6.07, 6.45) is 0.0668. The standard InChI is InChI=1S/C31H29N3O6/c1-4-20-21-13-19(35)11-12-25(21)32-27-22(20)16-34-26(27)14-24-23(28(34)36)17-39-29(37)31(24,5-2)40-30(38)33(3)15-18-9-7-6-8-10-18/h6-14,35H,4-5,15-17H2,1-3H3. The number of benzene rings is 2. The third kappa shape index (κ3) is 3.84. The molecular formula is C31H29N3O6. The van der Waals surface area contributed by atoms with Crippen molar-refractivity contribution in [2.24, 2.45) is 0 Å². The van der Waals surface area contributed by atoms with E-state index in [9.17, 15) is 19.5 Å². The van der Waals surface area contributed by atoms with Crippen molar-refractivity contribution < 1.29 is 24.2 Å². The summed E-state index contributed by atoms with van der Waals surface area (Å²) < 4.78 is 13.0. The van der Waals surface area contributed by atoms with Crippen LogP contribution in [0.5, 0.6) is 5.75 Å². The summed E-state index contributed by atoms with van der Waals surface area (Å²) in [5, 5.41) is 10.9. The Bertz CT molecular complexity index is 1750. The maximum atomic E-state index is 13.8. The Labute approximate surface area is 230 Å². The molecule has 2 aliphatic rings. The molecule has 1 unspecified atom stereocenters. The number of carbonyl (C=O) groups is 2. The number of pyridine rings is 2. The number of hydrogen-bond acceptors (Lipinski definition) is 7. The van der Waals surface area contributed by atoms with E-state index in [2.05, 4.69) is 0 Å². The minimum atomic E-state index is -1.77. The number of ether oxygens (including phenoxy) is 2. The topological polar surface area (TPSA) is 111 Å². The molecule has 4 heterocycles. The van der Waals surface area contributed by atoms with Gasteiger partial charge >= 0.3 is 12.1 Å². The number of nitrogens with zero attached hydrogens (tertiary/aromatic N) is 3. The zero-order valence-electron chi connectivity index (χ0n) is 22.6. The Morgan fingerprint density at radius 2 is 1.90 bits per heavy atom. The average molecular weight is 540 g/mol. The highest BCUT2D eigenvalue weighted by Gasteiger charge is 2.51. The predicted octanol–water partition coefficient (Wildman–Crippen LogP) is 4.62. The van der Waals surface area contributed by atoms with Crippen LogP contribution in [0.1, 0.15) is 48.1 Å². The number of fused-ring (bicyclic) bond motifs is 5. The fourth-order valence-corrected chi connectivity index (χ4v) is 5.86. The van der Waals surface area contributed by atoms with Gasteiger partial charge < -0.3 is 24.0 Å². The Hall–Kier alpha value is -4.66. The normalized spacial score (nSPS) is 17.1. The number of phenols is 1. The van der Waals surface area contributed by atoms with Crippen molar-refractivity contribution in [1.82, 2.24) is 14.5 Å². The first-order chi connectivity index (χ1) is 19.3. The SMILES string of the molecule is CCc1c2c(nc3ccc(O)cc13)-c1cc3c(c(=O)n1C2)COC(=O)C3(CC)OC(=O)N(C)Cc1ccccc1. The summed E-state index contributed by atoms with van der Waals surface area (Å²) in [4.78, 5) is 46.7. The van der Waals surface area contributed by atoms with Crippen LogP contribution in [-0.4, -0.2) is 38.7 Å². The van der Waals surface area contributed by atoms with Crippen LogP contribution in [0.3, 0.4) is 0 Å². The van der Waals surface area contributed by atoms with Crippen molar-refractivity contribution >= 4 is 23.0 Å². The number of hydrogen-bond donors (Lipinski definition) is 1. The van der Waals surface area contributed by atoms with E-state index >= 15 is 0 Å². The third-order valence-corrected chi connectivity index (χ3v) is 7.95. The van der Waals surface area contributed by atoms with Crippen LogP contribution >= 0.6 is 0 Å². The van der Waals surface area contributed by atoms with Crippen molar-refractivity contribution in [3.63, 3.8) is 0 Å². The van der Waals surface area contributed by atoms with Crippen LogP contribution in [0.15, 0.2) is 59.4 Å². The van der Waals surface area contributed by atoms with E-state index in [1.54, 1.807) is 42.8 Å². The third-order valence-electron chi connectivity index (χ3n) is 7.95. The van der Waals surface area contributed by atoms with E-state index in [0.717, 1.165) is 22.1 Å². The van der Waals surface area contributed by atoms with Crippen LogP contribution in [0.2, 0.25) is 0 Å². The van der Waals surface area contributed by atoms with Gasteiger partial charge in [-0.25, -0.2) is 14.6 Å². The maximum Gasteiger partial charge on any atom is 0.411 e. The molecule has 204 valence electrons. The number of cyclic esters (lactones) is 1. The van der Waals surface area contributed by atoms with Crippen molar-refractivity contribution in [2.45, 2.75) is 52.0 Å². The molecule has 2 aliphatic heterocycles. The molecule has 0 saturated carbocycles. The number of phenolic OH excluding ortho intramolecular Hbond substituents is 1. The van der Waals surface area contributed by atoms with Gasteiger partial charge in [0.2, 0.25) is 5.60 Å². The molecule has 2 aromatic carbocycles. The largest absolute Gasteiger partial charge is 0.508 e. The summed E-state index contributed by atoms with van der Waals surface area (Å²) >= 11 is 0. The van der Waals surface area contributed by atoms with Gasteiger partial charge in [-0.1, -0.05) is 44.2 Å². The van der Waals surface area contributed by atoms with Gasteiger partial charge in [0.25, 0.3) is 5.56 Å². The highest BCUT2D eigenvalue weighted by Crippen LogP contribution is 2.42. The quantitative estimate of drug-likeness (QED) is 0.324. The van der Waals surface area contributed by atoms with E-state index in [1.807, 2.05) is 37.3 Å². The molecule has 9 nitrogen and oxygen atoms in total. The van der Waals surface area contributed by atoms with E-state index in [-0.39, 0.29) is 36.4 Å². The molecule has 0 spiro atoms. The first kappa shape index (κ1) is 25.6. The van der Waals surface area contributed by atoms with Gasteiger partial charge in [-0.3, -0.25) is 4.79 Å². The number of aromatic hydroxyl groups is 1. The lowest BCUT2D eigenvalue weighted by Gasteiger charge is -2.36. The minimum absolute atomic E-state index is 0.0874. The molecule has 0 fully saturated rings. The van der Waals surface area contributed by atoms with Crippen LogP contribution in [0, 0.1) is 0 Å². The van der Waals surface area contributed by atoms with E-state index in [1.165, 1.54) is 4.90 Å². The summed E-state index contributed by atoms with van der Waals surface area (Å²) in [6.45, 7) is 4.15. The second kappa shape index (κ2) is 9.51. The fraction of sp³-hybridized carbons (Fsp3) is 0.290. The van der Waals surface area contributed by atoms with Crippen molar-refractivity contribution in [2.75, 3.05) is 7.05 Å². The molecule has 0 radical (unpaired) electrons. The molecule has 1 N–H and O–H groups in total. The molecule has 9 heteroatoms. The Morgan fingerprint density at radius 3 is 2.62 bits per heavy atom. The van der Waals surface area contributed by atoms with Gasteiger partial charge in [0.1, 0.15) is 12.4 Å². The molecule has 1 atom stereocenters. The second-order valence-corrected chi connectivity index (χ2v) is 10.3. The summed E-state index contributed by atoms with van der Waals surface area (Å²) in [6, 6.07) is 16.2. The number of amides is 1. The first-order valence-corrected chi connectivity index (χ1v) is 13.3. The van der Waals surface area contributed by atoms with E-state index in [0.29, 0.717) is 35.4 Å². The lowest BCUT2D eigenvalue weighted by molar-refractivity contribution is -0.173. The van der Waals surface area contributed by atoms with Crippen molar-refractivity contribution in [3.05, 3.63) is 92.8 Å². The highest BCUT2D eigenvalue weighted by atomic mass is 16.6. The van der Waals surface area contributed by atoms with Crippen LogP contribution < -0.4 is 5.56 Å². The lowest BCUT2D eigenvalue weighted by Crippen LogP contribution is -2.49. The monoisotopic (exact) mass is 539 g/mol. The first-order valence-electron chi connectivity index (χ1n) is 13.3. The molecule has 1 amide bonds. The zero-order valence-corrected chi connectivity index (χ0v) is 22.6. The fourth-order valence-electron chi connectivity index (χ4n) is 5.86. The van der Waals surface area contributed by atoms with Gasteiger partial charge in [0.15, 0.2) is 0 Å².